The number of aliphatic imine (C=N–C) groups is 1. The summed E-state index contributed by atoms with van der Waals surface area (Å²) in [6.07, 6.45) is 8.98. The maximum atomic E-state index is 14.2. The highest BCUT2D eigenvalue weighted by molar-refractivity contribution is 6.03. The smallest absolute Gasteiger partial charge is 0.327 e. The van der Waals surface area contributed by atoms with Gasteiger partial charge in [0.05, 0.1) is 5.69 Å². The first-order chi connectivity index (χ1) is 14.5. The van der Waals surface area contributed by atoms with Crippen LogP contribution < -0.4 is 16.0 Å². The van der Waals surface area contributed by atoms with Gasteiger partial charge in [-0.1, -0.05) is 13.3 Å². The maximum absolute atomic E-state index is 14.2. The lowest BCUT2D eigenvalue weighted by Crippen LogP contribution is -2.34. The summed E-state index contributed by atoms with van der Waals surface area (Å²) in [5, 5.41) is 2.79. The summed E-state index contributed by atoms with van der Waals surface area (Å²) in [6, 6.07) is 4.65. The van der Waals surface area contributed by atoms with Crippen molar-refractivity contribution in [3.63, 3.8) is 0 Å². The molecule has 2 aliphatic rings. The van der Waals surface area contributed by atoms with E-state index in [0.29, 0.717) is 23.7 Å². The summed E-state index contributed by atoms with van der Waals surface area (Å²) in [4.78, 5) is 23.0. The summed E-state index contributed by atoms with van der Waals surface area (Å²) < 4.78 is 14.2. The van der Waals surface area contributed by atoms with Crippen molar-refractivity contribution in [3.05, 3.63) is 46.9 Å². The number of carbonyl (C=O) groups excluding carboxylic acids is 1. The van der Waals surface area contributed by atoms with Crippen molar-refractivity contribution < 1.29 is 9.18 Å². The summed E-state index contributed by atoms with van der Waals surface area (Å²) >= 11 is 0. The molecule has 0 spiro atoms. The first-order valence-electron chi connectivity index (χ1n) is 10.6. The minimum atomic E-state index is -0.586. The van der Waals surface area contributed by atoms with E-state index in [9.17, 15) is 9.18 Å². The summed E-state index contributed by atoms with van der Waals surface area (Å²) in [5.41, 5.74) is 9.05. The molecule has 7 heteroatoms. The molecular formula is C23H28FN5O. The number of nitrogens with one attached hydrogen (secondary N) is 1. The van der Waals surface area contributed by atoms with E-state index in [4.69, 9.17) is 5.73 Å². The molecule has 1 aromatic carbocycles. The van der Waals surface area contributed by atoms with Gasteiger partial charge in [-0.05, 0) is 61.3 Å². The molecule has 1 fully saturated rings. The molecule has 0 radical (unpaired) electrons. The van der Waals surface area contributed by atoms with Crippen LogP contribution in [0.3, 0.4) is 0 Å². The second-order valence-electron chi connectivity index (χ2n) is 8.17. The summed E-state index contributed by atoms with van der Waals surface area (Å²) in [6.45, 7) is 2.82. The van der Waals surface area contributed by atoms with Gasteiger partial charge in [-0.25, -0.2) is 14.2 Å². The molecule has 158 valence electrons. The molecule has 1 aromatic heterocycles. The molecule has 30 heavy (non-hydrogen) atoms. The molecule has 1 aliphatic heterocycles. The third kappa shape index (κ3) is 3.76. The Morgan fingerprint density at radius 2 is 2.27 bits per heavy atom. The molecule has 6 nitrogen and oxygen atoms in total. The lowest BCUT2D eigenvalue weighted by atomic mass is 9.92. The number of rotatable bonds is 4. The van der Waals surface area contributed by atoms with Crippen molar-refractivity contribution in [1.29, 1.82) is 0 Å². The van der Waals surface area contributed by atoms with Crippen LogP contribution in [0.2, 0.25) is 0 Å². The van der Waals surface area contributed by atoms with Gasteiger partial charge in [-0.15, -0.1) is 0 Å². The Bertz CT molecular complexity index is 990. The lowest BCUT2D eigenvalue weighted by molar-refractivity contribution is 0.257. The number of nitrogen functional groups attached to an aromatic ring is 1. The number of anilines is 3. The average molecular weight is 410 g/mol. The largest absolute Gasteiger partial charge is 0.396 e. The van der Waals surface area contributed by atoms with Crippen LogP contribution in [0.4, 0.5) is 26.4 Å². The number of fused-ring (bicyclic) bond motifs is 1. The Hall–Kier alpha value is -2.96. The fourth-order valence-corrected chi connectivity index (χ4v) is 4.77. The van der Waals surface area contributed by atoms with Gasteiger partial charge in [-0.3, -0.25) is 9.89 Å². The van der Waals surface area contributed by atoms with Gasteiger partial charge in [0.15, 0.2) is 0 Å². The van der Waals surface area contributed by atoms with E-state index in [0.717, 1.165) is 18.2 Å². The second kappa shape index (κ2) is 8.42. The number of urea groups is 1. The molecule has 0 bridgehead atoms. The van der Waals surface area contributed by atoms with Gasteiger partial charge in [0.1, 0.15) is 11.6 Å². The van der Waals surface area contributed by atoms with E-state index in [1.54, 1.807) is 24.2 Å². The van der Waals surface area contributed by atoms with Crippen molar-refractivity contribution in [2.24, 2.45) is 10.9 Å². The van der Waals surface area contributed by atoms with Crippen LogP contribution in [0.5, 0.6) is 0 Å². The third-order valence-corrected chi connectivity index (χ3v) is 6.39. The highest BCUT2D eigenvalue weighted by Gasteiger charge is 2.32. The molecule has 4 rings (SSSR count). The van der Waals surface area contributed by atoms with E-state index in [2.05, 4.69) is 28.3 Å². The number of hydrogen-bond donors (Lipinski definition) is 2. The first-order valence-corrected chi connectivity index (χ1v) is 10.6. The van der Waals surface area contributed by atoms with Gasteiger partial charge >= 0.3 is 6.03 Å². The topological polar surface area (TPSA) is 83.6 Å². The summed E-state index contributed by atoms with van der Waals surface area (Å²) in [5.74, 6) is 1.48. The van der Waals surface area contributed by atoms with Crippen LogP contribution in [0.15, 0.2) is 29.4 Å². The fourth-order valence-electron chi connectivity index (χ4n) is 4.77. The zero-order chi connectivity index (χ0) is 21.3. The number of nitrogens with two attached hydrogens (primary N) is 1. The molecule has 1 aliphatic carbocycles. The number of pyridine rings is 1. The standard InChI is InChI=1S/C23H28FN5O/c1-3-14-4-5-15(10-14)18-6-8-27-22-19(18)7-9-29(22)23(30)28-17-11-16(13-26-2)21(25)20(24)12-17/h6,8,11-15H,3-5,7,9-10,25H2,1-2H3,(H,28,30). The molecule has 2 atom stereocenters. The van der Waals surface area contributed by atoms with Crippen LogP contribution in [-0.4, -0.2) is 30.8 Å². The van der Waals surface area contributed by atoms with Crippen LogP contribution in [0.25, 0.3) is 0 Å². The van der Waals surface area contributed by atoms with Gasteiger partial charge < -0.3 is 11.1 Å². The normalized spacial score (nSPS) is 20.7. The van der Waals surface area contributed by atoms with Gasteiger partial charge in [0, 0.05) is 42.8 Å². The predicted molar refractivity (Wildman–Crippen MR) is 119 cm³/mol. The molecule has 0 saturated heterocycles. The van der Waals surface area contributed by atoms with Gasteiger partial charge in [0.2, 0.25) is 0 Å². The molecule has 2 aromatic rings. The first kappa shape index (κ1) is 20.3. The quantitative estimate of drug-likeness (QED) is 0.565. The predicted octanol–water partition coefficient (Wildman–Crippen LogP) is 4.74. The minimum absolute atomic E-state index is 0.0124. The van der Waals surface area contributed by atoms with Gasteiger partial charge in [0.25, 0.3) is 0 Å². The Kier molecular flexibility index (Phi) is 5.70. The number of nitrogens with zero attached hydrogens (tertiary/aromatic N) is 3. The van der Waals surface area contributed by atoms with Crippen LogP contribution in [0.1, 0.15) is 55.2 Å². The molecule has 3 N–H and O–H groups in total. The van der Waals surface area contributed by atoms with Crippen LogP contribution >= 0.6 is 0 Å². The Balaban J connectivity index is 1.55. The van der Waals surface area contributed by atoms with E-state index >= 15 is 0 Å². The molecule has 2 heterocycles. The third-order valence-electron chi connectivity index (χ3n) is 6.39. The Morgan fingerprint density at radius 3 is 3.00 bits per heavy atom. The maximum Gasteiger partial charge on any atom is 0.327 e. The zero-order valence-electron chi connectivity index (χ0n) is 17.5. The van der Waals surface area contributed by atoms with Crippen LogP contribution in [0, 0.1) is 11.7 Å². The van der Waals surface area contributed by atoms with Crippen molar-refractivity contribution in [2.75, 3.05) is 29.5 Å². The minimum Gasteiger partial charge on any atom is -0.396 e. The van der Waals surface area contributed by atoms with Crippen molar-refractivity contribution in [2.45, 2.75) is 44.9 Å². The number of carbonyl (C=O) groups is 1. The van der Waals surface area contributed by atoms with E-state index in [-0.39, 0.29) is 11.7 Å². The average Bonchev–Trinajstić information content (AvgIpc) is 3.38. The number of hydrogen-bond acceptors (Lipinski definition) is 4. The highest BCUT2D eigenvalue weighted by Crippen LogP contribution is 2.43. The number of amides is 2. The zero-order valence-corrected chi connectivity index (χ0v) is 17.5. The molecular weight excluding hydrogens is 381 g/mol. The second-order valence-corrected chi connectivity index (χ2v) is 8.17. The summed E-state index contributed by atoms with van der Waals surface area (Å²) in [7, 11) is 1.58. The van der Waals surface area contributed by atoms with E-state index in [1.165, 1.54) is 49.1 Å². The Labute approximate surface area is 176 Å². The van der Waals surface area contributed by atoms with Crippen molar-refractivity contribution in [3.8, 4) is 0 Å². The number of benzene rings is 1. The Morgan fingerprint density at radius 1 is 1.43 bits per heavy atom. The van der Waals surface area contributed by atoms with Crippen molar-refractivity contribution in [1.82, 2.24) is 4.98 Å². The fraction of sp³-hybridized carbons (Fsp3) is 0.435. The van der Waals surface area contributed by atoms with E-state index < -0.39 is 5.82 Å². The molecule has 2 unspecified atom stereocenters. The van der Waals surface area contributed by atoms with E-state index in [1.807, 2.05) is 0 Å². The number of aromatic nitrogens is 1. The highest BCUT2D eigenvalue weighted by atomic mass is 19.1. The van der Waals surface area contributed by atoms with Crippen LogP contribution in [-0.2, 0) is 6.42 Å². The SMILES string of the molecule is CCC1CCC(c2ccnc3c2CCN3C(=O)Nc2cc(F)c(N)c(C=NC)c2)C1. The van der Waals surface area contributed by atoms with Gasteiger partial charge in [-0.2, -0.15) is 0 Å². The molecule has 1 saturated carbocycles. The number of halogens is 1. The lowest BCUT2D eigenvalue weighted by Gasteiger charge is -2.19. The van der Waals surface area contributed by atoms with Crippen molar-refractivity contribution >= 4 is 29.4 Å². The monoisotopic (exact) mass is 409 g/mol. The molecule has 2 amide bonds.